The summed E-state index contributed by atoms with van der Waals surface area (Å²) in [6.45, 7) is 3.91. The summed E-state index contributed by atoms with van der Waals surface area (Å²) >= 11 is 0. The van der Waals surface area contributed by atoms with Gasteiger partial charge in [-0.15, -0.1) is 0 Å². The Morgan fingerprint density at radius 2 is 2.29 bits per heavy atom. The number of carbonyl (C=O) groups is 1. The molecule has 1 aliphatic rings. The SMILES string of the molecule is CCOC(=O)C1=C(C)Nc2ncnn2[C@@H]1c1ccccn1. The van der Waals surface area contributed by atoms with E-state index in [0.29, 0.717) is 29.5 Å². The predicted molar refractivity (Wildman–Crippen MR) is 75.4 cm³/mol. The number of hydrogen-bond acceptors (Lipinski definition) is 6. The molecule has 2 aromatic heterocycles. The van der Waals surface area contributed by atoms with E-state index in [1.165, 1.54) is 6.33 Å². The molecule has 0 unspecified atom stereocenters. The standard InChI is InChI=1S/C14H15N5O2/c1-3-21-13(20)11-9(2)18-14-16-8-17-19(14)12(11)10-6-4-5-7-15-10/h4-8,12H,3H2,1-2H3,(H,16,17,18)/t12-/m1/s1. The second kappa shape index (κ2) is 5.35. The van der Waals surface area contributed by atoms with Gasteiger partial charge in [-0.25, -0.2) is 9.48 Å². The molecule has 0 spiro atoms. The molecule has 2 aromatic rings. The lowest BCUT2D eigenvalue weighted by molar-refractivity contribution is -0.139. The molecule has 0 aromatic carbocycles. The van der Waals surface area contributed by atoms with Gasteiger partial charge in [-0.2, -0.15) is 10.1 Å². The van der Waals surface area contributed by atoms with Crippen LogP contribution in [0.4, 0.5) is 5.95 Å². The van der Waals surface area contributed by atoms with Gasteiger partial charge in [-0.1, -0.05) is 6.07 Å². The van der Waals surface area contributed by atoms with Gasteiger partial charge in [-0.3, -0.25) is 4.98 Å². The zero-order valence-electron chi connectivity index (χ0n) is 11.8. The summed E-state index contributed by atoms with van der Waals surface area (Å²) in [6.07, 6.45) is 3.13. The van der Waals surface area contributed by atoms with Gasteiger partial charge < -0.3 is 10.1 Å². The third-order valence-electron chi connectivity index (χ3n) is 3.26. The van der Waals surface area contributed by atoms with E-state index in [2.05, 4.69) is 20.4 Å². The lowest BCUT2D eigenvalue weighted by atomic mass is 10.00. The zero-order chi connectivity index (χ0) is 14.8. The van der Waals surface area contributed by atoms with Crippen molar-refractivity contribution in [2.75, 3.05) is 11.9 Å². The van der Waals surface area contributed by atoms with Crippen molar-refractivity contribution in [3.63, 3.8) is 0 Å². The maximum atomic E-state index is 12.3. The highest BCUT2D eigenvalue weighted by molar-refractivity contribution is 5.92. The van der Waals surface area contributed by atoms with E-state index >= 15 is 0 Å². The average Bonchev–Trinajstić information content (AvgIpc) is 2.94. The van der Waals surface area contributed by atoms with Crippen LogP contribution >= 0.6 is 0 Å². The number of anilines is 1. The molecule has 1 atom stereocenters. The molecule has 1 aliphatic heterocycles. The van der Waals surface area contributed by atoms with Gasteiger partial charge in [0.25, 0.3) is 0 Å². The lowest BCUT2D eigenvalue weighted by Crippen LogP contribution is -2.30. The minimum Gasteiger partial charge on any atom is -0.463 e. The van der Waals surface area contributed by atoms with Crippen LogP contribution in [-0.2, 0) is 9.53 Å². The van der Waals surface area contributed by atoms with Gasteiger partial charge in [0.2, 0.25) is 5.95 Å². The Morgan fingerprint density at radius 1 is 1.43 bits per heavy atom. The summed E-state index contributed by atoms with van der Waals surface area (Å²) in [4.78, 5) is 20.8. The van der Waals surface area contributed by atoms with Gasteiger partial charge in [0.15, 0.2) is 0 Å². The first-order chi connectivity index (χ1) is 10.2. The Bertz CT molecular complexity index is 692. The van der Waals surface area contributed by atoms with Crippen LogP contribution in [0.5, 0.6) is 0 Å². The molecule has 0 radical (unpaired) electrons. The molecule has 7 nitrogen and oxygen atoms in total. The molecular formula is C14H15N5O2. The van der Waals surface area contributed by atoms with Gasteiger partial charge in [0.1, 0.15) is 12.4 Å². The van der Waals surface area contributed by atoms with Crippen molar-refractivity contribution < 1.29 is 9.53 Å². The largest absolute Gasteiger partial charge is 0.463 e. The molecule has 7 heteroatoms. The molecule has 108 valence electrons. The van der Waals surface area contributed by atoms with E-state index in [0.717, 1.165) is 0 Å². The maximum absolute atomic E-state index is 12.3. The Balaban J connectivity index is 2.13. The Hall–Kier alpha value is -2.70. The smallest absolute Gasteiger partial charge is 0.338 e. The van der Waals surface area contributed by atoms with Crippen molar-refractivity contribution in [1.29, 1.82) is 0 Å². The summed E-state index contributed by atoms with van der Waals surface area (Å²) in [6, 6.07) is 5.12. The topological polar surface area (TPSA) is 81.9 Å². The quantitative estimate of drug-likeness (QED) is 0.861. The van der Waals surface area contributed by atoms with Crippen LogP contribution in [0.15, 0.2) is 42.0 Å². The molecule has 21 heavy (non-hydrogen) atoms. The monoisotopic (exact) mass is 285 g/mol. The number of rotatable bonds is 3. The number of aromatic nitrogens is 4. The first-order valence-corrected chi connectivity index (χ1v) is 6.67. The summed E-state index contributed by atoms with van der Waals surface area (Å²) in [5.74, 6) is 0.204. The summed E-state index contributed by atoms with van der Waals surface area (Å²) in [7, 11) is 0. The van der Waals surface area contributed by atoms with Gasteiger partial charge >= 0.3 is 5.97 Å². The van der Waals surface area contributed by atoms with Crippen LogP contribution in [0.2, 0.25) is 0 Å². The van der Waals surface area contributed by atoms with Crippen molar-refractivity contribution in [3.8, 4) is 0 Å². The van der Waals surface area contributed by atoms with E-state index in [9.17, 15) is 4.79 Å². The molecule has 1 N–H and O–H groups in total. The second-order valence-corrected chi connectivity index (χ2v) is 4.57. The molecule has 0 saturated heterocycles. The van der Waals surface area contributed by atoms with Crippen molar-refractivity contribution in [1.82, 2.24) is 19.7 Å². The number of fused-ring (bicyclic) bond motifs is 1. The number of ether oxygens (including phenoxy) is 1. The number of hydrogen-bond donors (Lipinski definition) is 1. The zero-order valence-corrected chi connectivity index (χ0v) is 11.8. The van der Waals surface area contributed by atoms with Crippen LogP contribution < -0.4 is 5.32 Å². The van der Waals surface area contributed by atoms with Crippen molar-refractivity contribution in [3.05, 3.63) is 47.7 Å². The third kappa shape index (κ3) is 2.26. The van der Waals surface area contributed by atoms with Crippen molar-refractivity contribution in [2.24, 2.45) is 0 Å². The Kier molecular flexibility index (Phi) is 3.39. The fourth-order valence-corrected chi connectivity index (χ4v) is 2.38. The molecule has 0 amide bonds. The number of allylic oxidation sites excluding steroid dienone is 1. The van der Waals surface area contributed by atoms with Gasteiger partial charge in [-0.05, 0) is 26.0 Å². The Labute approximate surface area is 121 Å². The van der Waals surface area contributed by atoms with Gasteiger partial charge in [0.05, 0.1) is 17.9 Å². The first kappa shape index (κ1) is 13.3. The van der Waals surface area contributed by atoms with Crippen LogP contribution in [0.3, 0.4) is 0 Å². The molecule has 0 saturated carbocycles. The van der Waals surface area contributed by atoms with Crippen LogP contribution in [-0.4, -0.2) is 32.3 Å². The lowest BCUT2D eigenvalue weighted by Gasteiger charge is -2.27. The van der Waals surface area contributed by atoms with E-state index in [-0.39, 0.29) is 5.97 Å². The predicted octanol–water partition coefficient (Wildman–Crippen LogP) is 1.53. The van der Waals surface area contributed by atoms with E-state index in [1.54, 1.807) is 17.8 Å². The van der Waals surface area contributed by atoms with E-state index in [1.807, 2.05) is 25.1 Å². The van der Waals surface area contributed by atoms with Crippen molar-refractivity contribution in [2.45, 2.75) is 19.9 Å². The number of nitrogens with zero attached hydrogens (tertiary/aromatic N) is 4. The van der Waals surface area contributed by atoms with E-state index < -0.39 is 6.04 Å². The third-order valence-corrected chi connectivity index (χ3v) is 3.26. The maximum Gasteiger partial charge on any atom is 0.338 e. The molecule has 0 fully saturated rings. The van der Waals surface area contributed by atoms with Crippen LogP contribution in [0.25, 0.3) is 0 Å². The number of nitrogens with one attached hydrogen (secondary N) is 1. The highest BCUT2D eigenvalue weighted by atomic mass is 16.5. The normalized spacial score (nSPS) is 17.1. The van der Waals surface area contributed by atoms with Crippen LogP contribution in [0, 0.1) is 0 Å². The average molecular weight is 285 g/mol. The van der Waals surface area contributed by atoms with Crippen LogP contribution in [0.1, 0.15) is 25.6 Å². The van der Waals surface area contributed by atoms with E-state index in [4.69, 9.17) is 4.74 Å². The summed E-state index contributed by atoms with van der Waals surface area (Å²) < 4.78 is 6.81. The summed E-state index contributed by atoms with van der Waals surface area (Å²) in [5.41, 5.74) is 1.91. The minimum atomic E-state index is -0.441. The second-order valence-electron chi connectivity index (χ2n) is 4.57. The van der Waals surface area contributed by atoms with Gasteiger partial charge in [0, 0.05) is 11.9 Å². The fraction of sp³-hybridized carbons (Fsp3) is 0.286. The number of esters is 1. The molecule has 0 bridgehead atoms. The van der Waals surface area contributed by atoms with Crippen molar-refractivity contribution >= 4 is 11.9 Å². The molecule has 0 aliphatic carbocycles. The molecular weight excluding hydrogens is 270 g/mol. The number of pyridine rings is 1. The fourth-order valence-electron chi connectivity index (χ4n) is 2.38. The Morgan fingerprint density at radius 3 is 3.00 bits per heavy atom. The summed E-state index contributed by atoms with van der Waals surface area (Å²) in [5, 5.41) is 7.27. The minimum absolute atomic E-state index is 0.314. The number of carbonyl (C=O) groups excluding carboxylic acids is 1. The highest BCUT2D eigenvalue weighted by Crippen LogP contribution is 2.33. The molecule has 3 heterocycles. The highest BCUT2D eigenvalue weighted by Gasteiger charge is 2.34. The first-order valence-electron chi connectivity index (χ1n) is 6.67. The molecule has 3 rings (SSSR count).